The number of rotatable bonds is 3. The zero-order chi connectivity index (χ0) is 11.4. The van der Waals surface area contributed by atoms with Crippen molar-refractivity contribution in [2.75, 3.05) is 13.0 Å². The van der Waals surface area contributed by atoms with Crippen molar-refractivity contribution in [3.8, 4) is 5.75 Å². The van der Waals surface area contributed by atoms with Gasteiger partial charge in [-0.1, -0.05) is 11.6 Å². The molecule has 0 amide bonds. The van der Waals surface area contributed by atoms with Crippen LogP contribution in [-0.2, 0) is 5.41 Å². The number of hydrogen-bond donors (Lipinski definition) is 0. The second-order valence-electron chi connectivity index (χ2n) is 5.29. The molecule has 1 aromatic rings. The van der Waals surface area contributed by atoms with E-state index in [0.29, 0.717) is 10.8 Å². The van der Waals surface area contributed by atoms with Crippen LogP contribution in [0.2, 0.25) is 5.02 Å². The third-order valence-corrected chi connectivity index (χ3v) is 4.96. The van der Waals surface area contributed by atoms with E-state index in [1.54, 1.807) is 7.11 Å². The van der Waals surface area contributed by atoms with E-state index in [2.05, 4.69) is 6.07 Å². The fraction of sp³-hybridized carbons (Fsp3) is 0.538. The number of benzene rings is 1. The molecule has 0 saturated heterocycles. The van der Waals surface area contributed by atoms with E-state index in [4.69, 9.17) is 27.9 Å². The van der Waals surface area contributed by atoms with E-state index >= 15 is 0 Å². The summed E-state index contributed by atoms with van der Waals surface area (Å²) in [6.45, 7) is 0. The third-order valence-electron chi connectivity index (χ3n) is 4.16. The number of alkyl halides is 1. The summed E-state index contributed by atoms with van der Waals surface area (Å²) < 4.78 is 5.42. The Balaban J connectivity index is 1.94. The summed E-state index contributed by atoms with van der Waals surface area (Å²) in [4.78, 5) is 0. The maximum atomic E-state index is 6.07. The molecule has 1 aromatic carbocycles. The van der Waals surface area contributed by atoms with Gasteiger partial charge in [-0.25, -0.2) is 0 Å². The van der Waals surface area contributed by atoms with Gasteiger partial charge in [0.2, 0.25) is 0 Å². The van der Waals surface area contributed by atoms with Gasteiger partial charge in [-0.15, -0.1) is 11.6 Å². The van der Waals surface area contributed by atoms with Crippen LogP contribution in [0.1, 0.15) is 24.8 Å². The maximum Gasteiger partial charge on any atom is 0.122 e. The first kappa shape index (κ1) is 10.7. The zero-order valence-corrected chi connectivity index (χ0v) is 10.7. The molecule has 0 atom stereocenters. The van der Waals surface area contributed by atoms with Gasteiger partial charge in [0.05, 0.1) is 7.11 Å². The van der Waals surface area contributed by atoms with Gasteiger partial charge in [-0.2, -0.15) is 0 Å². The fourth-order valence-electron chi connectivity index (χ4n) is 3.52. The largest absolute Gasteiger partial charge is 0.496 e. The van der Waals surface area contributed by atoms with Gasteiger partial charge >= 0.3 is 0 Å². The Labute approximate surface area is 106 Å². The van der Waals surface area contributed by atoms with Crippen LogP contribution in [-0.4, -0.2) is 13.0 Å². The lowest BCUT2D eigenvalue weighted by Gasteiger charge is -2.70. The highest BCUT2D eigenvalue weighted by Crippen LogP contribution is 2.74. The lowest BCUT2D eigenvalue weighted by atomic mass is 9.34. The molecule has 3 heteroatoms. The third kappa shape index (κ3) is 1.25. The van der Waals surface area contributed by atoms with Crippen molar-refractivity contribution in [2.45, 2.75) is 24.7 Å². The molecule has 0 aliphatic heterocycles. The van der Waals surface area contributed by atoms with Crippen molar-refractivity contribution in [2.24, 2.45) is 5.41 Å². The minimum Gasteiger partial charge on any atom is -0.496 e. The van der Waals surface area contributed by atoms with Crippen LogP contribution >= 0.6 is 23.2 Å². The second kappa shape index (κ2) is 3.30. The molecule has 0 unspecified atom stereocenters. The number of halogens is 2. The van der Waals surface area contributed by atoms with Crippen LogP contribution in [0.25, 0.3) is 0 Å². The van der Waals surface area contributed by atoms with Crippen LogP contribution in [0.4, 0.5) is 0 Å². The zero-order valence-electron chi connectivity index (χ0n) is 9.22. The molecule has 4 rings (SSSR count). The lowest BCUT2D eigenvalue weighted by Crippen LogP contribution is -2.65. The average molecular weight is 257 g/mol. The lowest BCUT2D eigenvalue weighted by molar-refractivity contribution is -0.123. The number of methoxy groups -OCH3 is 1. The molecule has 1 nitrogen and oxygen atoms in total. The van der Waals surface area contributed by atoms with E-state index < -0.39 is 0 Å². The van der Waals surface area contributed by atoms with Gasteiger partial charge in [-0.3, -0.25) is 0 Å². The van der Waals surface area contributed by atoms with E-state index in [-0.39, 0.29) is 0 Å². The van der Waals surface area contributed by atoms with Crippen molar-refractivity contribution in [1.82, 2.24) is 0 Å². The highest BCUT2D eigenvalue weighted by Gasteiger charge is 2.68. The Hall–Kier alpha value is -0.400. The summed E-state index contributed by atoms with van der Waals surface area (Å²) >= 11 is 12.0. The number of ether oxygens (including phenoxy) is 1. The molecular weight excluding hydrogens is 243 g/mol. The first-order valence-corrected chi connectivity index (χ1v) is 6.44. The minimum atomic E-state index is 0.311. The van der Waals surface area contributed by atoms with Gasteiger partial charge < -0.3 is 4.74 Å². The Morgan fingerprint density at radius 2 is 2.00 bits per heavy atom. The Morgan fingerprint density at radius 3 is 2.56 bits per heavy atom. The highest BCUT2D eigenvalue weighted by molar-refractivity contribution is 6.30. The van der Waals surface area contributed by atoms with Crippen LogP contribution in [0.5, 0.6) is 5.75 Å². The van der Waals surface area contributed by atoms with Crippen LogP contribution < -0.4 is 4.74 Å². The Morgan fingerprint density at radius 1 is 1.31 bits per heavy atom. The fourth-order valence-corrected chi connectivity index (χ4v) is 3.98. The second-order valence-corrected chi connectivity index (χ2v) is 5.99. The molecule has 2 bridgehead atoms. The van der Waals surface area contributed by atoms with Crippen molar-refractivity contribution < 1.29 is 4.74 Å². The standard InChI is InChI=1S/C13H14Cl2O/c1-16-11-3-2-9(15)4-10(11)13-5-12(6-13,7-13)8-14/h2-4H,5-8H2,1H3. The molecular formula is C13H14Cl2O. The van der Waals surface area contributed by atoms with Gasteiger partial charge in [-0.05, 0) is 42.9 Å². The SMILES string of the molecule is COc1ccc(Cl)cc1C12CC(CCl)(C1)C2. The van der Waals surface area contributed by atoms with Crippen molar-refractivity contribution in [3.05, 3.63) is 28.8 Å². The Bertz CT molecular complexity index is 422. The molecule has 3 saturated carbocycles. The van der Waals surface area contributed by atoms with E-state index in [9.17, 15) is 0 Å². The van der Waals surface area contributed by atoms with Crippen molar-refractivity contribution >= 4 is 23.2 Å². The van der Waals surface area contributed by atoms with E-state index in [1.807, 2.05) is 12.1 Å². The van der Waals surface area contributed by atoms with Gasteiger partial charge in [0.15, 0.2) is 0 Å². The first-order chi connectivity index (χ1) is 7.63. The molecule has 0 N–H and O–H groups in total. The predicted octanol–water partition coefficient (Wildman–Crippen LogP) is 4.01. The molecule has 0 radical (unpaired) electrons. The van der Waals surface area contributed by atoms with Crippen molar-refractivity contribution in [3.63, 3.8) is 0 Å². The van der Waals surface area contributed by atoms with Crippen LogP contribution in [0, 0.1) is 5.41 Å². The summed E-state index contributed by atoms with van der Waals surface area (Å²) in [6.07, 6.45) is 3.58. The molecule has 86 valence electrons. The van der Waals surface area contributed by atoms with Gasteiger partial charge in [0.1, 0.15) is 5.75 Å². The quantitative estimate of drug-likeness (QED) is 0.743. The summed E-state index contributed by atoms with van der Waals surface area (Å²) in [5.41, 5.74) is 2.01. The summed E-state index contributed by atoms with van der Waals surface area (Å²) in [5, 5.41) is 0.792. The molecule has 3 aliphatic rings. The first-order valence-electron chi connectivity index (χ1n) is 5.53. The monoisotopic (exact) mass is 256 g/mol. The van der Waals surface area contributed by atoms with E-state index in [1.165, 1.54) is 24.8 Å². The molecule has 3 fully saturated rings. The van der Waals surface area contributed by atoms with Crippen LogP contribution in [0.15, 0.2) is 18.2 Å². The molecule has 0 aromatic heterocycles. The van der Waals surface area contributed by atoms with Crippen molar-refractivity contribution in [1.29, 1.82) is 0 Å². The summed E-state index contributed by atoms with van der Waals surface area (Å²) in [5.74, 6) is 1.75. The predicted molar refractivity (Wildman–Crippen MR) is 66.7 cm³/mol. The molecule has 0 heterocycles. The molecule has 3 aliphatic carbocycles. The normalized spacial score (nSPS) is 35.2. The average Bonchev–Trinajstić information content (AvgIpc) is 2.15. The molecule has 0 spiro atoms. The summed E-state index contributed by atoms with van der Waals surface area (Å²) in [6, 6.07) is 5.90. The Kier molecular flexibility index (Phi) is 2.22. The van der Waals surface area contributed by atoms with E-state index in [0.717, 1.165) is 16.7 Å². The smallest absolute Gasteiger partial charge is 0.122 e. The maximum absolute atomic E-state index is 6.07. The summed E-state index contributed by atoms with van der Waals surface area (Å²) in [7, 11) is 1.72. The minimum absolute atomic E-state index is 0.311. The van der Waals surface area contributed by atoms with Gasteiger partial charge in [0, 0.05) is 21.9 Å². The molecule has 16 heavy (non-hydrogen) atoms. The van der Waals surface area contributed by atoms with Gasteiger partial charge in [0.25, 0.3) is 0 Å². The topological polar surface area (TPSA) is 9.23 Å². The van der Waals surface area contributed by atoms with Crippen LogP contribution in [0.3, 0.4) is 0 Å². The highest BCUT2D eigenvalue weighted by atomic mass is 35.5. The number of hydrogen-bond acceptors (Lipinski definition) is 1.